The van der Waals surface area contributed by atoms with Gasteiger partial charge in [-0.05, 0) is 59.7 Å². The Kier molecular flexibility index (Phi) is 3.81. The van der Waals surface area contributed by atoms with Gasteiger partial charge in [0.25, 0.3) is 0 Å². The Hall–Kier alpha value is -0.620. The highest BCUT2D eigenvalue weighted by atomic mass is 127. The molecule has 1 N–H and O–H groups in total. The molecule has 0 bridgehead atoms. The van der Waals surface area contributed by atoms with Gasteiger partial charge in [-0.2, -0.15) is 0 Å². The first-order valence-corrected chi connectivity index (χ1v) is 6.41. The maximum atomic E-state index is 11.7. The highest BCUT2D eigenvalue weighted by Gasteiger charge is 2.22. The summed E-state index contributed by atoms with van der Waals surface area (Å²) in [6.45, 7) is 1.03. The predicted octanol–water partition coefficient (Wildman–Crippen LogP) is 2.50. The molecule has 2 rings (SSSR count). The van der Waals surface area contributed by atoms with Crippen LogP contribution in [-0.2, 0) is 4.74 Å². The van der Waals surface area contributed by atoms with Gasteiger partial charge >= 0.3 is 5.97 Å². The lowest BCUT2D eigenvalue weighted by Crippen LogP contribution is -2.17. The predicted molar refractivity (Wildman–Crippen MR) is 70.5 cm³/mol. The molecular weight excluding hydrogens is 317 g/mol. The molecule has 0 aromatic heterocycles. The number of halogens is 1. The summed E-state index contributed by atoms with van der Waals surface area (Å²) in [6.07, 6.45) is 2.25. The van der Waals surface area contributed by atoms with Crippen molar-refractivity contribution in [1.82, 2.24) is 5.32 Å². The Balaban J connectivity index is 2.38. The molecule has 0 radical (unpaired) electrons. The van der Waals surface area contributed by atoms with Crippen LogP contribution in [-0.4, -0.2) is 19.6 Å². The van der Waals surface area contributed by atoms with Crippen LogP contribution in [0, 0.1) is 3.57 Å². The zero-order chi connectivity index (χ0) is 11.5. The SMILES string of the molecule is COC(=O)c1cc(I)ccc1[C@@H]1CCCN1. The minimum Gasteiger partial charge on any atom is -0.465 e. The average Bonchev–Trinajstić information content (AvgIpc) is 2.81. The fourth-order valence-corrected chi connectivity index (χ4v) is 2.56. The number of esters is 1. The van der Waals surface area contributed by atoms with Crippen LogP contribution in [0.25, 0.3) is 0 Å². The van der Waals surface area contributed by atoms with Crippen LogP contribution in [0.1, 0.15) is 34.8 Å². The van der Waals surface area contributed by atoms with Crippen LogP contribution in [0.2, 0.25) is 0 Å². The third kappa shape index (κ3) is 2.38. The van der Waals surface area contributed by atoms with Gasteiger partial charge in [-0.3, -0.25) is 0 Å². The molecule has 4 heteroatoms. The van der Waals surface area contributed by atoms with E-state index in [1.54, 1.807) is 0 Å². The molecule has 1 aromatic rings. The minimum absolute atomic E-state index is 0.248. The van der Waals surface area contributed by atoms with Crippen molar-refractivity contribution in [2.75, 3.05) is 13.7 Å². The monoisotopic (exact) mass is 331 g/mol. The zero-order valence-corrected chi connectivity index (χ0v) is 11.3. The first kappa shape index (κ1) is 11.9. The van der Waals surface area contributed by atoms with Gasteiger partial charge in [0.2, 0.25) is 0 Å². The smallest absolute Gasteiger partial charge is 0.338 e. The Bertz CT molecular complexity index is 400. The lowest BCUT2D eigenvalue weighted by molar-refractivity contribution is 0.0598. The van der Waals surface area contributed by atoms with Gasteiger partial charge in [0.1, 0.15) is 0 Å². The summed E-state index contributed by atoms with van der Waals surface area (Å²) >= 11 is 2.21. The molecular formula is C12H14INO2. The molecule has 1 aliphatic heterocycles. The van der Waals surface area contributed by atoms with Crippen LogP contribution in [0.5, 0.6) is 0 Å². The first-order valence-electron chi connectivity index (χ1n) is 5.33. The number of benzene rings is 1. The lowest BCUT2D eigenvalue weighted by atomic mass is 9.99. The van der Waals surface area contributed by atoms with Gasteiger partial charge in [0.05, 0.1) is 12.7 Å². The van der Waals surface area contributed by atoms with Crippen LogP contribution in [0.15, 0.2) is 18.2 Å². The van der Waals surface area contributed by atoms with Crippen molar-refractivity contribution in [2.45, 2.75) is 18.9 Å². The molecule has 0 spiro atoms. The second-order valence-electron chi connectivity index (χ2n) is 3.87. The van der Waals surface area contributed by atoms with E-state index in [9.17, 15) is 4.79 Å². The topological polar surface area (TPSA) is 38.3 Å². The molecule has 0 amide bonds. The van der Waals surface area contributed by atoms with Gasteiger partial charge < -0.3 is 10.1 Å². The summed E-state index contributed by atoms with van der Waals surface area (Å²) in [5, 5.41) is 3.40. The number of rotatable bonds is 2. The zero-order valence-electron chi connectivity index (χ0n) is 9.13. The van der Waals surface area contributed by atoms with Crippen molar-refractivity contribution in [3.8, 4) is 0 Å². The number of ether oxygens (including phenoxy) is 1. The molecule has 86 valence electrons. The van der Waals surface area contributed by atoms with Crippen molar-refractivity contribution in [1.29, 1.82) is 0 Å². The van der Waals surface area contributed by atoms with Gasteiger partial charge in [0.15, 0.2) is 0 Å². The van der Waals surface area contributed by atoms with Crippen LogP contribution < -0.4 is 5.32 Å². The molecule has 16 heavy (non-hydrogen) atoms. The molecule has 1 fully saturated rings. The Labute approximate surface area is 109 Å². The fraction of sp³-hybridized carbons (Fsp3) is 0.417. The molecule has 0 saturated carbocycles. The Morgan fingerprint density at radius 3 is 3.00 bits per heavy atom. The van der Waals surface area contributed by atoms with Gasteiger partial charge in [-0.1, -0.05) is 6.07 Å². The maximum absolute atomic E-state index is 11.7. The molecule has 3 nitrogen and oxygen atoms in total. The summed E-state index contributed by atoms with van der Waals surface area (Å²) in [5.41, 5.74) is 1.75. The quantitative estimate of drug-likeness (QED) is 0.668. The van der Waals surface area contributed by atoms with Crippen molar-refractivity contribution < 1.29 is 9.53 Å². The normalized spacial score (nSPS) is 19.8. The minimum atomic E-state index is -0.248. The molecule has 1 aliphatic rings. The van der Waals surface area contributed by atoms with Crippen LogP contribution in [0.4, 0.5) is 0 Å². The Morgan fingerprint density at radius 1 is 1.56 bits per heavy atom. The van der Waals surface area contributed by atoms with Crippen molar-refractivity contribution in [3.05, 3.63) is 32.9 Å². The van der Waals surface area contributed by atoms with Crippen LogP contribution in [0.3, 0.4) is 0 Å². The van der Waals surface area contributed by atoms with E-state index >= 15 is 0 Å². The van der Waals surface area contributed by atoms with E-state index in [1.165, 1.54) is 7.11 Å². The number of hydrogen-bond acceptors (Lipinski definition) is 3. The van der Waals surface area contributed by atoms with E-state index in [0.29, 0.717) is 11.6 Å². The van der Waals surface area contributed by atoms with Crippen molar-refractivity contribution in [3.63, 3.8) is 0 Å². The second kappa shape index (κ2) is 5.14. The fourth-order valence-electron chi connectivity index (χ4n) is 2.07. The van der Waals surface area contributed by atoms with Gasteiger partial charge in [0, 0.05) is 9.61 Å². The highest BCUT2D eigenvalue weighted by molar-refractivity contribution is 14.1. The third-order valence-electron chi connectivity index (χ3n) is 2.86. The number of nitrogens with one attached hydrogen (secondary N) is 1. The van der Waals surface area contributed by atoms with Crippen molar-refractivity contribution >= 4 is 28.6 Å². The molecule has 1 atom stereocenters. The summed E-state index contributed by atoms with van der Waals surface area (Å²) in [7, 11) is 1.42. The Morgan fingerprint density at radius 2 is 2.38 bits per heavy atom. The summed E-state index contributed by atoms with van der Waals surface area (Å²) in [6, 6.07) is 6.24. The number of methoxy groups -OCH3 is 1. The summed E-state index contributed by atoms with van der Waals surface area (Å²) in [5.74, 6) is -0.248. The number of carbonyl (C=O) groups is 1. The summed E-state index contributed by atoms with van der Waals surface area (Å²) in [4.78, 5) is 11.7. The third-order valence-corrected chi connectivity index (χ3v) is 3.53. The van der Waals surface area contributed by atoms with Gasteiger partial charge in [-0.25, -0.2) is 4.79 Å². The van der Waals surface area contributed by atoms with E-state index in [4.69, 9.17) is 4.74 Å². The van der Waals surface area contributed by atoms with Gasteiger partial charge in [-0.15, -0.1) is 0 Å². The highest BCUT2D eigenvalue weighted by Crippen LogP contribution is 2.27. The largest absolute Gasteiger partial charge is 0.465 e. The summed E-state index contributed by atoms with van der Waals surface area (Å²) < 4.78 is 5.88. The molecule has 0 unspecified atom stereocenters. The second-order valence-corrected chi connectivity index (χ2v) is 5.12. The average molecular weight is 331 g/mol. The van der Waals surface area contributed by atoms with E-state index < -0.39 is 0 Å². The molecule has 0 aliphatic carbocycles. The number of hydrogen-bond donors (Lipinski definition) is 1. The van der Waals surface area contributed by atoms with E-state index in [0.717, 1.165) is 28.5 Å². The molecule has 1 heterocycles. The van der Waals surface area contributed by atoms with Crippen LogP contribution >= 0.6 is 22.6 Å². The molecule has 1 saturated heterocycles. The maximum Gasteiger partial charge on any atom is 0.338 e. The van der Waals surface area contributed by atoms with E-state index in [-0.39, 0.29) is 5.97 Å². The number of carbonyl (C=O) groups excluding carboxylic acids is 1. The van der Waals surface area contributed by atoms with Crippen molar-refractivity contribution in [2.24, 2.45) is 0 Å². The van der Waals surface area contributed by atoms with E-state index in [1.807, 2.05) is 18.2 Å². The lowest BCUT2D eigenvalue weighted by Gasteiger charge is -2.14. The first-order chi connectivity index (χ1) is 7.72. The molecule has 1 aromatic carbocycles. The standard InChI is InChI=1S/C12H14INO2/c1-16-12(15)10-7-8(13)4-5-9(10)11-3-2-6-14-11/h4-5,7,11,14H,2-3,6H2,1H3/t11-/m0/s1. The van der Waals surface area contributed by atoms with E-state index in [2.05, 4.69) is 27.9 Å².